The Labute approximate surface area is 93.6 Å². The summed E-state index contributed by atoms with van der Waals surface area (Å²) in [6.07, 6.45) is 0. The summed E-state index contributed by atoms with van der Waals surface area (Å²) in [5, 5.41) is 15.6. The molecule has 0 saturated carbocycles. The number of carbonyl (C=O) groups excluding carboxylic acids is 1. The molecule has 0 aliphatic carbocycles. The number of methoxy groups -OCH3 is 1. The molecular weight excluding hydrogens is 212 g/mol. The van der Waals surface area contributed by atoms with Crippen LogP contribution in [0.1, 0.15) is 30.1 Å². The van der Waals surface area contributed by atoms with Crippen molar-refractivity contribution < 1.29 is 19.2 Å². The summed E-state index contributed by atoms with van der Waals surface area (Å²) in [7, 11) is 1.52. The predicted molar refractivity (Wildman–Crippen MR) is 55.8 cm³/mol. The van der Waals surface area contributed by atoms with Gasteiger partial charge >= 0.3 is 0 Å². The Bertz CT molecular complexity index is 354. The number of ether oxygens (including phenoxy) is 1. The zero-order chi connectivity index (χ0) is 12.2. The van der Waals surface area contributed by atoms with Crippen molar-refractivity contribution in [2.24, 2.45) is 0 Å². The third-order valence-corrected chi connectivity index (χ3v) is 1.76. The number of hydrogen-bond donors (Lipinski definition) is 2. The topological polar surface area (TPSA) is 84.6 Å². The highest BCUT2D eigenvalue weighted by molar-refractivity contribution is 5.92. The zero-order valence-electron chi connectivity index (χ0n) is 9.61. The summed E-state index contributed by atoms with van der Waals surface area (Å²) in [5.74, 6) is 0.101. The molecule has 90 valence electrons. The van der Waals surface area contributed by atoms with Crippen LogP contribution < -0.4 is 5.32 Å². The van der Waals surface area contributed by atoms with Crippen LogP contribution in [-0.2, 0) is 11.3 Å². The normalized spacial score (nSPS) is 11.5. The van der Waals surface area contributed by atoms with E-state index < -0.39 is 5.60 Å². The number of hydrogen-bond acceptors (Lipinski definition) is 5. The first kappa shape index (κ1) is 12.7. The van der Waals surface area contributed by atoms with Gasteiger partial charge in [-0.15, -0.1) is 0 Å². The van der Waals surface area contributed by atoms with Crippen molar-refractivity contribution in [3.63, 3.8) is 0 Å². The number of nitrogens with zero attached hydrogens (tertiary/aromatic N) is 1. The van der Waals surface area contributed by atoms with E-state index in [1.807, 2.05) is 0 Å². The third-order valence-electron chi connectivity index (χ3n) is 1.76. The average Bonchev–Trinajstić information content (AvgIpc) is 2.62. The van der Waals surface area contributed by atoms with Gasteiger partial charge in [0.1, 0.15) is 6.61 Å². The number of amides is 1. The van der Waals surface area contributed by atoms with E-state index in [-0.39, 0.29) is 24.8 Å². The molecule has 1 aromatic heterocycles. The lowest BCUT2D eigenvalue weighted by molar-refractivity contribution is 0.0689. The molecule has 6 nitrogen and oxygen atoms in total. The molecule has 0 aromatic carbocycles. The Balaban J connectivity index is 2.53. The van der Waals surface area contributed by atoms with Gasteiger partial charge in [0.25, 0.3) is 5.91 Å². The van der Waals surface area contributed by atoms with Crippen LogP contribution in [0.2, 0.25) is 0 Å². The molecule has 1 amide bonds. The molecule has 1 aromatic rings. The van der Waals surface area contributed by atoms with Gasteiger partial charge in [0, 0.05) is 19.7 Å². The molecule has 0 spiro atoms. The van der Waals surface area contributed by atoms with Gasteiger partial charge in [-0.25, -0.2) is 0 Å². The van der Waals surface area contributed by atoms with Crippen LogP contribution >= 0.6 is 0 Å². The quantitative estimate of drug-likeness (QED) is 0.758. The average molecular weight is 228 g/mol. The smallest absolute Gasteiger partial charge is 0.273 e. The second-order valence-corrected chi connectivity index (χ2v) is 4.11. The number of rotatable bonds is 5. The van der Waals surface area contributed by atoms with Crippen molar-refractivity contribution in [2.75, 3.05) is 13.7 Å². The summed E-state index contributed by atoms with van der Waals surface area (Å²) < 4.78 is 9.69. The van der Waals surface area contributed by atoms with Crippen LogP contribution in [0.3, 0.4) is 0 Å². The SMILES string of the molecule is COCc1cc(C(=O)NCC(C)(C)O)no1. The zero-order valence-corrected chi connectivity index (χ0v) is 9.61. The molecule has 0 radical (unpaired) electrons. The third kappa shape index (κ3) is 4.00. The highest BCUT2D eigenvalue weighted by atomic mass is 16.5. The summed E-state index contributed by atoms with van der Waals surface area (Å²) in [6.45, 7) is 3.63. The minimum atomic E-state index is -0.950. The van der Waals surface area contributed by atoms with Crippen LogP contribution in [0.4, 0.5) is 0 Å². The monoisotopic (exact) mass is 228 g/mol. The largest absolute Gasteiger partial charge is 0.389 e. The molecular formula is C10H16N2O4. The second-order valence-electron chi connectivity index (χ2n) is 4.11. The van der Waals surface area contributed by atoms with Gasteiger partial charge in [-0.3, -0.25) is 4.79 Å². The maximum Gasteiger partial charge on any atom is 0.273 e. The Kier molecular flexibility index (Phi) is 4.03. The van der Waals surface area contributed by atoms with Gasteiger partial charge in [0.2, 0.25) is 0 Å². The molecule has 2 N–H and O–H groups in total. The van der Waals surface area contributed by atoms with Crippen LogP contribution in [0.25, 0.3) is 0 Å². The molecule has 16 heavy (non-hydrogen) atoms. The lowest BCUT2D eigenvalue weighted by Gasteiger charge is -2.16. The number of aliphatic hydroxyl groups is 1. The Morgan fingerprint density at radius 3 is 2.94 bits per heavy atom. The molecule has 0 aliphatic rings. The number of nitrogens with one attached hydrogen (secondary N) is 1. The summed E-state index contributed by atoms with van der Waals surface area (Å²) in [4.78, 5) is 11.5. The Morgan fingerprint density at radius 2 is 2.38 bits per heavy atom. The lowest BCUT2D eigenvalue weighted by atomic mass is 10.1. The van der Waals surface area contributed by atoms with E-state index in [9.17, 15) is 9.90 Å². The fourth-order valence-corrected chi connectivity index (χ4v) is 1.02. The standard InChI is InChI=1S/C10H16N2O4/c1-10(2,14)6-11-9(13)8-4-7(5-15-3)16-12-8/h4,14H,5-6H2,1-3H3,(H,11,13). The van der Waals surface area contributed by atoms with Crippen molar-refractivity contribution in [1.82, 2.24) is 10.5 Å². The van der Waals surface area contributed by atoms with Gasteiger partial charge in [-0.1, -0.05) is 5.16 Å². The van der Waals surface area contributed by atoms with Gasteiger partial charge in [0.05, 0.1) is 5.60 Å². The first-order valence-corrected chi connectivity index (χ1v) is 4.87. The van der Waals surface area contributed by atoms with Crippen molar-refractivity contribution in [2.45, 2.75) is 26.1 Å². The molecule has 0 aliphatic heterocycles. The van der Waals surface area contributed by atoms with E-state index in [4.69, 9.17) is 9.26 Å². The summed E-state index contributed by atoms with van der Waals surface area (Å²) >= 11 is 0. The van der Waals surface area contributed by atoms with E-state index in [0.29, 0.717) is 5.76 Å². The van der Waals surface area contributed by atoms with Gasteiger partial charge in [-0.05, 0) is 13.8 Å². The van der Waals surface area contributed by atoms with Crippen LogP contribution in [0.15, 0.2) is 10.6 Å². The van der Waals surface area contributed by atoms with Gasteiger partial charge in [0.15, 0.2) is 11.5 Å². The molecule has 0 unspecified atom stereocenters. The molecule has 0 saturated heterocycles. The maximum atomic E-state index is 11.5. The van der Waals surface area contributed by atoms with E-state index >= 15 is 0 Å². The van der Waals surface area contributed by atoms with Crippen LogP contribution in [0, 0.1) is 0 Å². The predicted octanol–water partition coefficient (Wildman–Crippen LogP) is 0.322. The fourth-order valence-electron chi connectivity index (χ4n) is 1.02. The van der Waals surface area contributed by atoms with Crippen molar-refractivity contribution in [3.05, 3.63) is 17.5 Å². The fraction of sp³-hybridized carbons (Fsp3) is 0.600. The first-order chi connectivity index (χ1) is 7.42. The molecule has 6 heteroatoms. The summed E-state index contributed by atoms with van der Waals surface area (Å²) in [6, 6.07) is 1.50. The lowest BCUT2D eigenvalue weighted by Crippen LogP contribution is -2.38. The van der Waals surface area contributed by atoms with Crippen molar-refractivity contribution >= 4 is 5.91 Å². The minimum Gasteiger partial charge on any atom is -0.389 e. The number of aromatic nitrogens is 1. The summed E-state index contributed by atoms with van der Waals surface area (Å²) in [5.41, 5.74) is -0.773. The molecule has 1 rings (SSSR count). The molecule has 0 bridgehead atoms. The minimum absolute atomic E-state index is 0.151. The van der Waals surface area contributed by atoms with Gasteiger partial charge in [-0.2, -0.15) is 0 Å². The maximum absolute atomic E-state index is 11.5. The van der Waals surface area contributed by atoms with Crippen LogP contribution in [-0.4, -0.2) is 35.4 Å². The van der Waals surface area contributed by atoms with Gasteiger partial charge < -0.3 is 19.7 Å². The van der Waals surface area contributed by atoms with E-state index in [2.05, 4.69) is 10.5 Å². The molecule has 1 heterocycles. The molecule has 0 fully saturated rings. The highest BCUT2D eigenvalue weighted by Gasteiger charge is 2.17. The van der Waals surface area contributed by atoms with Crippen molar-refractivity contribution in [3.8, 4) is 0 Å². The Hall–Kier alpha value is -1.40. The van der Waals surface area contributed by atoms with E-state index in [1.165, 1.54) is 13.2 Å². The van der Waals surface area contributed by atoms with E-state index in [0.717, 1.165) is 0 Å². The van der Waals surface area contributed by atoms with Crippen LogP contribution in [0.5, 0.6) is 0 Å². The first-order valence-electron chi connectivity index (χ1n) is 4.87. The Morgan fingerprint density at radius 1 is 1.69 bits per heavy atom. The van der Waals surface area contributed by atoms with E-state index in [1.54, 1.807) is 13.8 Å². The highest BCUT2D eigenvalue weighted by Crippen LogP contribution is 2.05. The molecule has 0 atom stereocenters. The number of carbonyl (C=O) groups is 1. The van der Waals surface area contributed by atoms with Crippen molar-refractivity contribution in [1.29, 1.82) is 0 Å². The second kappa shape index (κ2) is 5.09.